The van der Waals surface area contributed by atoms with Gasteiger partial charge < -0.3 is 14.9 Å². The van der Waals surface area contributed by atoms with Crippen LogP contribution in [0.3, 0.4) is 0 Å². The SMILES string of the molecule is Cc1c(F)c(F)cc(N2CCN(CCCCCC(=O)N3Cc4ccc(C(C)O)cc4C3)CC2)c1F. The maximum Gasteiger partial charge on any atom is 0.223 e. The first kappa shape index (κ1) is 25.5. The summed E-state index contributed by atoms with van der Waals surface area (Å²) in [6.07, 6.45) is 2.79. The molecule has 0 bridgehead atoms. The fourth-order valence-corrected chi connectivity index (χ4v) is 4.95. The smallest absolute Gasteiger partial charge is 0.223 e. The molecular weight excluding hydrogens is 455 g/mol. The van der Waals surface area contributed by atoms with Gasteiger partial charge in [-0.25, -0.2) is 13.2 Å². The van der Waals surface area contributed by atoms with Gasteiger partial charge in [0, 0.05) is 57.3 Å². The topological polar surface area (TPSA) is 47.0 Å². The Morgan fingerprint density at radius 2 is 1.69 bits per heavy atom. The zero-order chi connectivity index (χ0) is 25.1. The zero-order valence-corrected chi connectivity index (χ0v) is 20.5. The number of carbonyl (C=O) groups excluding carboxylic acids is 1. The molecule has 2 aliphatic rings. The van der Waals surface area contributed by atoms with Gasteiger partial charge in [0.2, 0.25) is 5.91 Å². The van der Waals surface area contributed by atoms with E-state index in [2.05, 4.69) is 4.90 Å². The van der Waals surface area contributed by atoms with Gasteiger partial charge in [-0.3, -0.25) is 9.69 Å². The van der Waals surface area contributed by atoms with Gasteiger partial charge in [-0.15, -0.1) is 0 Å². The summed E-state index contributed by atoms with van der Waals surface area (Å²) in [7, 11) is 0. The summed E-state index contributed by atoms with van der Waals surface area (Å²) in [4.78, 5) is 18.6. The van der Waals surface area contributed by atoms with Crippen molar-refractivity contribution in [2.45, 2.75) is 58.7 Å². The molecule has 0 aliphatic carbocycles. The highest BCUT2D eigenvalue weighted by atomic mass is 19.2. The summed E-state index contributed by atoms with van der Waals surface area (Å²) in [6, 6.07) is 6.88. The molecule has 1 amide bonds. The van der Waals surface area contributed by atoms with Crippen molar-refractivity contribution in [1.29, 1.82) is 0 Å². The molecule has 4 rings (SSSR count). The molecule has 35 heavy (non-hydrogen) atoms. The molecule has 8 heteroatoms. The molecule has 2 aromatic carbocycles. The summed E-state index contributed by atoms with van der Waals surface area (Å²) in [5.74, 6) is -2.66. The minimum absolute atomic E-state index is 0.130. The first-order valence-corrected chi connectivity index (χ1v) is 12.4. The lowest BCUT2D eigenvalue weighted by molar-refractivity contribution is -0.131. The monoisotopic (exact) mass is 489 g/mol. The van der Waals surface area contributed by atoms with E-state index in [1.807, 2.05) is 23.1 Å². The Hall–Kier alpha value is -2.58. The third-order valence-corrected chi connectivity index (χ3v) is 7.22. The molecule has 1 N–H and O–H groups in total. The first-order chi connectivity index (χ1) is 16.7. The number of anilines is 1. The molecule has 2 heterocycles. The molecule has 1 unspecified atom stereocenters. The van der Waals surface area contributed by atoms with Crippen molar-refractivity contribution in [3.8, 4) is 0 Å². The van der Waals surface area contributed by atoms with Crippen LogP contribution in [-0.2, 0) is 17.9 Å². The molecule has 1 fully saturated rings. The van der Waals surface area contributed by atoms with Crippen LogP contribution in [-0.4, -0.2) is 53.5 Å². The van der Waals surface area contributed by atoms with E-state index >= 15 is 0 Å². The van der Waals surface area contributed by atoms with Crippen molar-refractivity contribution in [2.75, 3.05) is 37.6 Å². The Morgan fingerprint density at radius 3 is 2.40 bits per heavy atom. The fraction of sp³-hybridized carbons (Fsp3) is 0.519. The molecule has 0 radical (unpaired) electrons. The number of fused-ring (bicyclic) bond motifs is 1. The van der Waals surface area contributed by atoms with Crippen LogP contribution in [0.1, 0.15) is 61.0 Å². The summed E-state index contributed by atoms with van der Waals surface area (Å²) < 4.78 is 41.7. The lowest BCUT2D eigenvalue weighted by Crippen LogP contribution is -2.47. The van der Waals surface area contributed by atoms with E-state index in [0.717, 1.165) is 61.7 Å². The van der Waals surface area contributed by atoms with Crippen LogP contribution in [0.5, 0.6) is 0 Å². The number of benzene rings is 2. The second-order valence-electron chi connectivity index (χ2n) is 9.72. The zero-order valence-electron chi connectivity index (χ0n) is 20.5. The van der Waals surface area contributed by atoms with Gasteiger partial charge >= 0.3 is 0 Å². The van der Waals surface area contributed by atoms with Gasteiger partial charge in [0.1, 0.15) is 0 Å². The van der Waals surface area contributed by atoms with E-state index in [4.69, 9.17) is 0 Å². The van der Waals surface area contributed by atoms with Crippen molar-refractivity contribution >= 4 is 11.6 Å². The Bertz CT molecular complexity index is 1070. The minimum Gasteiger partial charge on any atom is -0.389 e. The number of piperazine rings is 1. The van der Waals surface area contributed by atoms with Crippen LogP contribution >= 0.6 is 0 Å². The highest BCUT2D eigenvalue weighted by Crippen LogP contribution is 2.28. The third kappa shape index (κ3) is 5.81. The van der Waals surface area contributed by atoms with Gasteiger partial charge in [0.25, 0.3) is 0 Å². The molecule has 0 saturated carbocycles. The summed E-state index contributed by atoms with van der Waals surface area (Å²) in [5, 5.41) is 9.77. The van der Waals surface area contributed by atoms with Gasteiger partial charge in [-0.1, -0.05) is 24.6 Å². The highest BCUT2D eigenvalue weighted by molar-refractivity contribution is 5.77. The van der Waals surface area contributed by atoms with Crippen molar-refractivity contribution in [2.24, 2.45) is 0 Å². The normalized spacial score (nSPS) is 17.1. The van der Waals surface area contributed by atoms with Gasteiger partial charge in [-0.2, -0.15) is 0 Å². The molecule has 1 saturated heterocycles. The highest BCUT2D eigenvalue weighted by Gasteiger charge is 2.25. The Labute approximate surface area is 205 Å². The molecule has 2 aromatic rings. The summed E-state index contributed by atoms with van der Waals surface area (Å²) in [5.41, 5.74) is 3.00. The molecule has 0 spiro atoms. The van der Waals surface area contributed by atoms with Gasteiger partial charge in [-0.05, 0) is 49.9 Å². The molecule has 5 nitrogen and oxygen atoms in total. The number of amides is 1. The number of hydrogen-bond acceptors (Lipinski definition) is 4. The van der Waals surface area contributed by atoms with Crippen LogP contribution in [0.4, 0.5) is 18.9 Å². The number of hydrogen-bond donors (Lipinski definition) is 1. The summed E-state index contributed by atoms with van der Waals surface area (Å²) >= 11 is 0. The quantitative estimate of drug-likeness (QED) is 0.432. The van der Waals surface area contributed by atoms with E-state index in [1.54, 1.807) is 11.8 Å². The predicted octanol–water partition coefficient (Wildman–Crippen LogP) is 4.69. The Kier molecular flexibility index (Phi) is 8.02. The van der Waals surface area contributed by atoms with Crippen molar-refractivity contribution in [3.05, 3.63) is 64.0 Å². The van der Waals surface area contributed by atoms with Crippen LogP contribution in [0, 0.1) is 24.4 Å². The Balaban J connectivity index is 1.14. The minimum atomic E-state index is -1.12. The van der Waals surface area contributed by atoms with Crippen molar-refractivity contribution in [3.63, 3.8) is 0 Å². The maximum absolute atomic E-state index is 14.4. The van der Waals surface area contributed by atoms with E-state index in [0.29, 0.717) is 32.6 Å². The third-order valence-electron chi connectivity index (χ3n) is 7.22. The van der Waals surface area contributed by atoms with Crippen LogP contribution in [0.15, 0.2) is 24.3 Å². The second kappa shape index (κ2) is 11.0. The van der Waals surface area contributed by atoms with Gasteiger partial charge in [0.05, 0.1) is 11.8 Å². The molecule has 1 atom stereocenters. The van der Waals surface area contributed by atoms with E-state index in [9.17, 15) is 23.1 Å². The molecular formula is C27H34F3N3O2. The molecule has 2 aliphatic heterocycles. The predicted molar refractivity (Wildman–Crippen MR) is 130 cm³/mol. The first-order valence-electron chi connectivity index (χ1n) is 12.4. The number of rotatable bonds is 8. The average Bonchev–Trinajstić information content (AvgIpc) is 3.29. The second-order valence-corrected chi connectivity index (χ2v) is 9.72. The number of nitrogens with zero attached hydrogens (tertiary/aromatic N) is 3. The summed E-state index contributed by atoms with van der Waals surface area (Å²) in [6.45, 7) is 7.74. The maximum atomic E-state index is 14.4. The Morgan fingerprint density at radius 1 is 0.971 bits per heavy atom. The van der Waals surface area contributed by atoms with Gasteiger partial charge in [0.15, 0.2) is 17.5 Å². The average molecular weight is 490 g/mol. The van der Waals surface area contributed by atoms with E-state index in [-0.39, 0.29) is 17.2 Å². The standard InChI is InChI=1S/C27H34F3N3O2/c1-18-26(29)23(28)15-24(27(18)30)32-12-10-31(11-13-32)9-5-3-4-6-25(35)33-16-21-8-7-20(19(2)34)14-22(21)17-33/h7-8,14-15,19,34H,3-6,9-13,16-17H2,1-2H3. The largest absolute Gasteiger partial charge is 0.389 e. The van der Waals surface area contributed by atoms with Crippen LogP contribution < -0.4 is 4.90 Å². The van der Waals surface area contributed by atoms with E-state index in [1.165, 1.54) is 6.92 Å². The molecule has 0 aromatic heterocycles. The lowest BCUT2D eigenvalue weighted by atomic mass is 10.0. The number of aliphatic hydroxyl groups excluding tert-OH is 1. The number of aliphatic hydroxyl groups is 1. The van der Waals surface area contributed by atoms with E-state index < -0.39 is 23.6 Å². The number of unbranched alkanes of at least 4 members (excludes halogenated alkanes) is 2. The lowest BCUT2D eigenvalue weighted by Gasteiger charge is -2.36. The van der Waals surface area contributed by atoms with Crippen molar-refractivity contribution in [1.82, 2.24) is 9.80 Å². The number of carbonyl (C=O) groups is 1. The van der Waals surface area contributed by atoms with Crippen molar-refractivity contribution < 1.29 is 23.1 Å². The number of halogens is 3. The van der Waals surface area contributed by atoms with Crippen LogP contribution in [0.25, 0.3) is 0 Å². The molecule has 190 valence electrons. The fourth-order valence-electron chi connectivity index (χ4n) is 4.95. The van der Waals surface area contributed by atoms with Crippen LogP contribution in [0.2, 0.25) is 0 Å².